The summed E-state index contributed by atoms with van der Waals surface area (Å²) >= 11 is 0. The Morgan fingerprint density at radius 2 is 1.62 bits per heavy atom. The lowest BCUT2D eigenvalue weighted by Crippen LogP contribution is -2.28. The van der Waals surface area contributed by atoms with Crippen LogP contribution in [0, 0.1) is 11.8 Å². The van der Waals surface area contributed by atoms with E-state index in [0.29, 0.717) is 6.42 Å². The van der Waals surface area contributed by atoms with Gasteiger partial charge in [-0.2, -0.15) is 4.40 Å². The third kappa shape index (κ3) is 2.82. The molecule has 1 atom stereocenters. The minimum absolute atomic E-state index is 0.0924. The highest BCUT2D eigenvalue weighted by Crippen LogP contribution is 2.39. The van der Waals surface area contributed by atoms with Crippen LogP contribution in [-0.2, 0) is 19.4 Å². The normalized spacial score (nSPS) is 17.9. The van der Waals surface area contributed by atoms with Crippen LogP contribution < -0.4 is 4.57 Å². The van der Waals surface area contributed by atoms with Crippen molar-refractivity contribution in [1.29, 1.82) is 0 Å². The molecule has 0 saturated carbocycles. The highest BCUT2D eigenvalue weighted by Gasteiger charge is 2.32. The van der Waals surface area contributed by atoms with Gasteiger partial charge < -0.3 is 0 Å². The third-order valence-corrected chi connectivity index (χ3v) is 6.65. The highest BCUT2D eigenvalue weighted by atomic mass is 15.1. The van der Waals surface area contributed by atoms with Crippen molar-refractivity contribution in [2.75, 3.05) is 0 Å². The van der Waals surface area contributed by atoms with Gasteiger partial charge in [-0.05, 0) is 41.8 Å². The number of fused-ring (bicyclic) bond motifs is 3. The molecule has 1 aliphatic rings. The zero-order chi connectivity index (χ0) is 26.3. The molecule has 0 aliphatic carbocycles. The number of para-hydroxylation sites is 1. The maximum Gasteiger partial charge on any atom is 0.295 e. The van der Waals surface area contributed by atoms with Gasteiger partial charge in [0.1, 0.15) is 18.3 Å². The van der Waals surface area contributed by atoms with E-state index in [1.807, 2.05) is 26.0 Å². The molecular weight excluding hydrogens is 388 g/mol. The average molecular weight is 425 g/mol. The number of aromatic nitrogens is 2. The number of nitrogens with zero attached hydrogens (tertiary/aromatic N) is 2. The topological polar surface area (TPSA) is 8.29 Å². The van der Waals surface area contributed by atoms with Gasteiger partial charge >= 0.3 is 0 Å². The second-order valence-corrected chi connectivity index (χ2v) is 9.45. The van der Waals surface area contributed by atoms with Crippen LogP contribution >= 0.6 is 0 Å². The van der Waals surface area contributed by atoms with E-state index in [1.54, 1.807) is 0 Å². The molecule has 1 aliphatic heterocycles. The van der Waals surface area contributed by atoms with Crippen LogP contribution in [0.3, 0.4) is 0 Å². The Bertz CT molecular complexity index is 1700. The predicted molar refractivity (Wildman–Crippen MR) is 134 cm³/mol. The first kappa shape index (κ1) is 14.8. The Kier molecular flexibility index (Phi) is 3.34. The number of benzene rings is 3. The van der Waals surface area contributed by atoms with Crippen molar-refractivity contribution in [3.8, 4) is 11.3 Å². The third-order valence-electron chi connectivity index (χ3n) is 6.65. The van der Waals surface area contributed by atoms with E-state index in [2.05, 4.69) is 63.7 Å². The Labute approximate surface area is 197 Å². The van der Waals surface area contributed by atoms with Gasteiger partial charge in [0.25, 0.3) is 5.65 Å². The van der Waals surface area contributed by atoms with E-state index in [1.165, 1.54) is 28.6 Å². The SMILES string of the molecule is [2H]C(C)(C)Cc1cccc(CC([2H])(C)C([2H])([2H])[2H])c1-c1c[n+]2c3c4c(cccc4c4ccccc4n13)C2. The van der Waals surface area contributed by atoms with Crippen LogP contribution in [0.5, 0.6) is 0 Å². The smallest absolute Gasteiger partial charge is 0.225 e. The fourth-order valence-electron chi connectivity index (χ4n) is 5.55. The molecule has 0 radical (unpaired) electrons. The van der Waals surface area contributed by atoms with Crippen molar-refractivity contribution in [2.45, 2.75) is 47.0 Å². The largest absolute Gasteiger partial charge is 0.295 e. The molecule has 2 aromatic heterocycles. The van der Waals surface area contributed by atoms with E-state index >= 15 is 0 Å². The Morgan fingerprint density at radius 1 is 0.906 bits per heavy atom. The van der Waals surface area contributed by atoms with Crippen molar-refractivity contribution in [3.05, 3.63) is 83.6 Å². The van der Waals surface area contributed by atoms with Gasteiger partial charge in [0.05, 0.1) is 5.39 Å². The standard InChI is InChI=1S/C30H31N2/c1-19(2)15-21-9-7-10-22(16-20(3)4)28(21)27-18-31-17-23-11-8-13-25-24-12-5-6-14-26(24)32(27)30(31)29(23)25/h5-14,18-20H,15-17H2,1-4H3/q+1/i1D3,19D,20D. The van der Waals surface area contributed by atoms with Gasteiger partial charge in [0.2, 0.25) is 0 Å². The van der Waals surface area contributed by atoms with E-state index in [4.69, 9.17) is 6.85 Å². The van der Waals surface area contributed by atoms with Gasteiger partial charge in [-0.1, -0.05) is 82.2 Å². The van der Waals surface area contributed by atoms with Crippen LogP contribution in [0.1, 0.15) is 51.2 Å². The van der Waals surface area contributed by atoms with E-state index in [-0.39, 0.29) is 6.42 Å². The van der Waals surface area contributed by atoms with E-state index in [9.17, 15) is 0 Å². The predicted octanol–water partition coefficient (Wildman–Crippen LogP) is 6.96. The lowest BCUT2D eigenvalue weighted by molar-refractivity contribution is -0.657. The summed E-state index contributed by atoms with van der Waals surface area (Å²) in [4.78, 5) is 0. The van der Waals surface area contributed by atoms with Crippen LogP contribution in [0.15, 0.2) is 66.9 Å². The van der Waals surface area contributed by atoms with Crippen LogP contribution in [-0.4, -0.2) is 4.40 Å². The lowest BCUT2D eigenvalue weighted by atomic mass is 9.89. The highest BCUT2D eigenvalue weighted by molar-refractivity contribution is 6.13. The molecule has 32 heavy (non-hydrogen) atoms. The Balaban J connectivity index is 1.72. The van der Waals surface area contributed by atoms with Gasteiger partial charge in [0.15, 0.2) is 5.69 Å². The van der Waals surface area contributed by atoms with Gasteiger partial charge in [-0.15, -0.1) is 0 Å². The van der Waals surface area contributed by atoms with Crippen molar-refractivity contribution < 1.29 is 11.4 Å². The number of pyridine rings is 1. The molecule has 2 nitrogen and oxygen atoms in total. The molecule has 0 amide bonds. The van der Waals surface area contributed by atoms with Crippen molar-refractivity contribution >= 4 is 27.3 Å². The fraction of sp³-hybridized carbons (Fsp3) is 0.300. The molecule has 5 aromatic rings. The molecule has 160 valence electrons. The first-order chi connectivity index (χ1) is 17.4. The molecule has 3 aromatic carbocycles. The molecule has 0 fully saturated rings. The van der Waals surface area contributed by atoms with E-state index in [0.717, 1.165) is 40.1 Å². The van der Waals surface area contributed by atoms with Gasteiger partial charge in [-0.3, -0.25) is 0 Å². The molecular formula is C30H31N2+. The monoisotopic (exact) mass is 424 g/mol. The number of imidazole rings is 1. The maximum absolute atomic E-state index is 8.73. The van der Waals surface area contributed by atoms with Crippen LogP contribution in [0.2, 0.25) is 0 Å². The van der Waals surface area contributed by atoms with Gasteiger partial charge in [0, 0.05) is 28.8 Å². The number of hydrogen-bond acceptors (Lipinski definition) is 0. The minimum atomic E-state index is -2.42. The van der Waals surface area contributed by atoms with E-state index < -0.39 is 18.6 Å². The zero-order valence-electron chi connectivity index (χ0n) is 23.9. The summed E-state index contributed by atoms with van der Waals surface area (Å²) in [6, 6.07) is 20.9. The van der Waals surface area contributed by atoms with Crippen molar-refractivity contribution in [1.82, 2.24) is 4.40 Å². The first-order valence-corrected chi connectivity index (χ1v) is 11.3. The van der Waals surface area contributed by atoms with Crippen molar-refractivity contribution in [2.24, 2.45) is 11.8 Å². The Hall–Kier alpha value is -3.13. The van der Waals surface area contributed by atoms with Gasteiger partial charge in [-0.25, -0.2) is 4.57 Å². The summed E-state index contributed by atoms with van der Waals surface area (Å²) < 4.78 is 46.0. The molecule has 0 bridgehead atoms. The zero-order valence-corrected chi connectivity index (χ0v) is 18.9. The summed E-state index contributed by atoms with van der Waals surface area (Å²) in [6.45, 7) is 3.66. The lowest BCUT2D eigenvalue weighted by Gasteiger charge is -2.16. The minimum Gasteiger partial charge on any atom is -0.225 e. The summed E-state index contributed by atoms with van der Waals surface area (Å²) in [6.07, 6.45) is 2.79. The number of hydrogen-bond donors (Lipinski definition) is 0. The maximum atomic E-state index is 8.73. The van der Waals surface area contributed by atoms with Crippen LogP contribution in [0.4, 0.5) is 0 Å². The molecule has 3 heterocycles. The summed E-state index contributed by atoms with van der Waals surface area (Å²) in [7, 11) is 0. The summed E-state index contributed by atoms with van der Waals surface area (Å²) in [5, 5.41) is 3.66. The average Bonchev–Trinajstić information content (AvgIpc) is 3.34. The molecule has 6 rings (SSSR count). The summed E-state index contributed by atoms with van der Waals surface area (Å²) in [5.41, 5.74) is 7.29. The second-order valence-electron chi connectivity index (χ2n) is 9.45. The molecule has 2 heteroatoms. The quantitative estimate of drug-likeness (QED) is 0.209. The second kappa shape index (κ2) is 7.20. The van der Waals surface area contributed by atoms with Crippen molar-refractivity contribution in [3.63, 3.8) is 0 Å². The van der Waals surface area contributed by atoms with Crippen LogP contribution in [0.25, 0.3) is 38.6 Å². The number of rotatable bonds is 5. The molecule has 0 saturated heterocycles. The Morgan fingerprint density at radius 3 is 2.41 bits per heavy atom. The molecule has 0 spiro atoms. The fourth-order valence-corrected chi connectivity index (χ4v) is 5.55. The molecule has 0 N–H and O–H groups in total. The summed E-state index contributed by atoms with van der Waals surface area (Å²) in [5.74, 6) is -2.34. The molecule has 1 unspecified atom stereocenters. The first-order valence-electron chi connectivity index (χ1n) is 13.8.